The zero-order valence-electron chi connectivity index (χ0n) is 16.9. The van der Waals surface area contributed by atoms with Gasteiger partial charge in [-0.15, -0.1) is 0 Å². The molecule has 162 valence electrons. The van der Waals surface area contributed by atoms with E-state index in [-0.39, 0.29) is 29.0 Å². The molecule has 10 heteroatoms. The number of hydrogen-bond donors (Lipinski definition) is 1. The van der Waals surface area contributed by atoms with Gasteiger partial charge < -0.3 is 4.74 Å². The van der Waals surface area contributed by atoms with Crippen LogP contribution >= 0.6 is 23.2 Å². The number of fused-ring (bicyclic) bond motifs is 1. The van der Waals surface area contributed by atoms with E-state index in [1.165, 1.54) is 29.9 Å². The van der Waals surface area contributed by atoms with E-state index in [4.69, 9.17) is 27.9 Å². The summed E-state index contributed by atoms with van der Waals surface area (Å²) in [6.07, 6.45) is 1.69. The molecule has 0 fully saturated rings. The second kappa shape index (κ2) is 9.33. The fourth-order valence-electron chi connectivity index (χ4n) is 3.21. The number of anilines is 1. The van der Waals surface area contributed by atoms with E-state index in [9.17, 15) is 9.59 Å². The van der Waals surface area contributed by atoms with Gasteiger partial charge in [0.25, 0.3) is 0 Å². The molecule has 1 amide bonds. The van der Waals surface area contributed by atoms with Crippen molar-refractivity contribution in [2.75, 3.05) is 11.9 Å². The summed E-state index contributed by atoms with van der Waals surface area (Å²) in [5, 5.41) is 7.49. The fourth-order valence-corrected chi connectivity index (χ4v) is 3.70. The fraction of sp³-hybridized carbons (Fsp3) is 0.136. The SMILES string of the molecule is CC(=O)Nc1nc(-c2ccccc2)c(CCOC(=O)c2ccc(Cl)cc2Cl)c2ncnn12. The van der Waals surface area contributed by atoms with Crippen LogP contribution in [0.15, 0.2) is 54.9 Å². The molecule has 0 saturated heterocycles. The van der Waals surface area contributed by atoms with Crippen LogP contribution in [0.3, 0.4) is 0 Å². The Kier molecular flexibility index (Phi) is 6.34. The minimum absolute atomic E-state index is 0.0569. The minimum Gasteiger partial charge on any atom is -0.462 e. The lowest BCUT2D eigenvalue weighted by molar-refractivity contribution is -0.114. The van der Waals surface area contributed by atoms with Crippen molar-refractivity contribution in [2.24, 2.45) is 0 Å². The Balaban J connectivity index is 1.66. The predicted octanol–water partition coefficient (Wildman–Crippen LogP) is 4.46. The second-order valence-corrected chi connectivity index (χ2v) is 7.66. The highest BCUT2D eigenvalue weighted by molar-refractivity contribution is 6.36. The van der Waals surface area contributed by atoms with Crippen LogP contribution < -0.4 is 5.32 Å². The number of esters is 1. The molecule has 32 heavy (non-hydrogen) atoms. The molecule has 0 bridgehead atoms. The second-order valence-electron chi connectivity index (χ2n) is 6.82. The van der Waals surface area contributed by atoms with Crippen molar-refractivity contribution in [1.29, 1.82) is 0 Å². The molecule has 0 saturated carbocycles. The molecule has 8 nitrogen and oxygen atoms in total. The van der Waals surface area contributed by atoms with Crippen molar-refractivity contribution < 1.29 is 14.3 Å². The molecule has 0 aliphatic carbocycles. The average Bonchev–Trinajstić information content (AvgIpc) is 3.25. The van der Waals surface area contributed by atoms with Crippen LogP contribution in [-0.4, -0.2) is 38.1 Å². The molecule has 4 rings (SSSR count). The van der Waals surface area contributed by atoms with E-state index in [2.05, 4.69) is 20.4 Å². The molecule has 2 aromatic heterocycles. The van der Waals surface area contributed by atoms with Gasteiger partial charge in [-0.3, -0.25) is 10.1 Å². The van der Waals surface area contributed by atoms with Crippen molar-refractivity contribution in [2.45, 2.75) is 13.3 Å². The van der Waals surface area contributed by atoms with Gasteiger partial charge in [-0.25, -0.2) is 14.8 Å². The molecular weight excluding hydrogens is 453 g/mol. The van der Waals surface area contributed by atoms with Crippen molar-refractivity contribution in [1.82, 2.24) is 19.6 Å². The van der Waals surface area contributed by atoms with E-state index in [1.54, 1.807) is 6.07 Å². The number of carbonyl (C=O) groups is 2. The van der Waals surface area contributed by atoms with Gasteiger partial charge in [-0.1, -0.05) is 53.5 Å². The number of benzene rings is 2. The summed E-state index contributed by atoms with van der Waals surface area (Å²) in [5.41, 5.74) is 2.88. The maximum absolute atomic E-state index is 12.5. The van der Waals surface area contributed by atoms with Gasteiger partial charge in [-0.2, -0.15) is 9.61 Å². The number of amides is 1. The summed E-state index contributed by atoms with van der Waals surface area (Å²) in [4.78, 5) is 33.1. The quantitative estimate of drug-likeness (QED) is 0.418. The lowest BCUT2D eigenvalue weighted by Crippen LogP contribution is -2.15. The summed E-state index contributed by atoms with van der Waals surface area (Å²) >= 11 is 12.0. The number of nitrogens with one attached hydrogen (secondary N) is 1. The largest absolute Gasteiger partial charge is 0.462 e. The molecule has 1 N–H and O–H groups in total. The van der Waals surface area contributed by atoms with Gasteiger partial charge in [0.1, 0.15) is 6.33 Å². The summed E-state index contributed by atoms with van der Waals surface area (Å²) in [7, 11) is 0. The van der Waals surface area contributed by atoms with Gasteiger partial charge in [0.05, 0.1) is 22.9 Å². The van der Waals surface area contributed by atoms with Gasteiger partial charge >= 0.3 is 5.97 Å². The lowest BCUT2D eigenvalue weighted by atomic mass is 10.0. The molecule has 0 aliphatic heterocycles. The van der Waals surface area contributed by atoms with Crippen molar-refractivity contribution in [3.63, 3.8) is 0 Å². The van der Waals surface area contributed by atoms with E-state index in [0.29, 0.717) is 22.8 Å². The first-order valence-corrected chi connectivity index (χ1v) is 10.4. The van der Waals surface area contributed by atoms with Crippen LogP contribution in [0.1, 0.15) is 22.8 Å². The first-order chi connectivity index (χ1) is 15.4. The molecule has 0 radical (unpaired) electrons. The average molecular weight is 470 g/mol. The number of nitrogens with zero attached hydrogens (tertiary/aromatic N) is 4. The Hall–Kier alpha value is -3.49. The van der Waals surface area contributed by atoms with E-state index in [0.717, 1.165) is 11.1 Å². The third kappa shape index (κ3) is 4.56. The molecule has 0 atom stereocenters. The van der Waals surface area contributed by atoms with Gasteiger partial charge in [0.15, 0.2) is 5.65 Å². The minimum atomic E-state index is -0.562. The van der Waals surface area contributed by atoms with Crippen LogP contribution in [0.2, 0.25) is 10.0 Å². The smallest absolute Gasteiger partial charge is 0.339 e. The first kappa shape index (κ1) is 21.7. The van der Waals surface area contributed by atoms with E-state index < -0.39 is 5.97 Å². The Labute approximate surface area is 193 Å². The van der Waals surface area contributed by atoms with E-state index >= 15 is 0 Å². The Morgan fingerprint density at radius 3 is 2.62 bits per heavy atom. The predicted molar refractivity (Wildman–Crippen MR) is 121 cm³/mol. The number of carbonyl (C=O) groups excluding carboxylic acids is 2. The standard InChI is InChI=1S/C22H17Cl2N5O3/c1-13(30)27-22-28-19(14-5-3-2-4-6-14)17(20-25-12-26-29(20)22)9-10-32-21(31)16-8-7-15(23)11-18(16)24/h2-8,11-12H,9-10H2,1H3,(H,27,28,30). The number of rotatable bonds is 6. The van der Waals surface area contributed by atoms with Crippen molar-refractivity contribution >= 4 is 46.7 Å². The first-order valence-electron chi connectivity index (χ1n) is 9.62. The number of aromatic nitrogens is 4. The number of ether oxygens (including phenoxy) is 1. The zero-order chi connectivity index (χ0) is 22.7. The van der Waals surface area contributed by atoms with Crippen LogP contribution in [-0.2, 0) is 16.0 Å². The summed E-state index contributed by atoms with van der Waals surface area (Å²) < 4.78 is 6.89. The van der Waals surface area contributed by atoms with Crippen molar-refractivity contribution in [3.8, 4) is 11.3 Å². The summed E-state index contributed by atoms with van der Waals surface area (Å²) in [5.74, 6) is -0.597. The topological polar surface area (TPSA) is 98.5 Å². The highest BCUT2D eigenvalue weighted by atomic mass is 35.5. The van der Waals surface area contributed by atoms with Gasteiger partial charge in [-0.05, 0) is 18.2 Å². The van der Waals surface area contributed by atoms with Crippen molar-refractivity contribution in [3.05, 3.63) is 76.0 Å². The molecule has 2 heterocycles. The maximum atomic E-state index is 12.5. The molecule has 0 unspecified atom stereocenters. The molecule has 2 aromatic carbocycles. The van der Waals surface area contributed by atoms with E-state index in [1.807, 2.05) is 30.3 Å². The highest BCUT2D eigenvalue weighted by Gasteiger charge is 2.19. The highest BCUT2D eigenvalue weighted by Crippen LogP contribution is 2.27. The number of hydrogen-bond acceptors (Lipinski definition) is 6. The van der Waals surface area contributed by atoms with Gasteiger partial charge in [0.2, 0.25) is 11.9 Å². The maximum Gasteiger partial charge on any atom is 0.339 e. The summed E-state index contributed by atoms with van der Waals surface area (Å²) in [6, 6.07) is 14.0. The van der Waals surface area contributed by atoms with Crippen LogP contribution in [0.25, 0.3) is 16.9 Å². The molecule has 0 spiro atoms. The number of halogens is 2. The Morgan fingerprint density at radius 2 is 1.91 bits per heavy atom. The molecule has 4 aromatic rings. The third-order valence-electron chi connectivity index (χ3n) is 4.59. The summed E-state index contributed by atoms with van der Waals surface area (Å²) in [6.45, 7) is 1.45. The van der Waals surface area contributed by atoms with Crippen LogP contribution in [0, 0.1) is 0 Å². The lowest BCUT2D eigenvalue weighted by Gasteiger charge is -2.14. The Morgan fingerprint density at radius 1 is 1.12 bits per heavy atom. The van der Waals surface area contributed by atoms with Gasteiger partial charge in [0, 0.05) is 29.5 Å². The van der Waals surface area contributed by atoms with Crippen LogP contribution in [0.4, 0.5) is 5.95 Å². The Bertz CT molecular complexity index is 1310. The monoisotopic (exact) mass is 469 g/mol. The van der Waals surface area contributed by atoms with Crippen LogP contribution in [0.5, 0.6) is 0 Å². The zero-order valence-corrected chi connectivity index (χ0v) is 18.4. The third-order valence-corrected chi connectivity index (χ3v) is 5.14. The molecular formula is C22H17Cl2N5O3. The molecule has 0 aliphatic rings. The normalized spacial score (nSPS) is 10.8.